The van der Waals surface area contributed by atoms with Gasteiger partial charge in [0.15, 0.2) is 5.82 Å². The predicted octanol–water partition coefficient (Wildman–Crippen LogP) is 2.64. The lowest BCUT2D eigenvalue weighted by Gasteiger charge is -2.32. The summed E-state index contributed by atoms with van der Waals surface area (Å²) in [5, 5.41) is 7.39. The first-order chi connectivity index (χ1) is 15.1. The Labute approximate surface area is 182 Å². The van der Waals surface area contributed by atoms with Gasteiger partial charge in [-0.1, -0.05) is 0 Å². The molecule has 1 saturated heterocycles. The van der Waals surface area contributed by atoms with Gasteiger partial charge in [-0.2, -0.15) is 18.3 Å². The van der Waals surface area contributed by atoms with E-state index in [0.29, 0.717) is 41.4 Å². The molecule has 11 heteroatoms. The van der Waals surface area contributed by atoms with Crippen LogP contribution in [0.1, 0.15) is 27.3 Å². The number of amides is 1. The third kappa shape index (κ3) is 4.62. The quantitative estimate of drug-likeness (QED) is 0.598. The van der Waals surface area contributed by atoms with Crippen LogP contribution in [-0.2, 0) is 12.7 Å². The molecule has 0 atom stereocenters. The number of carbonyl (C=O) groups excluding carboxylic acids is 1. The lowest BCUT2D eigenvalue weighted by molar-refractivity contribution is -0.137. The number of nitrogens with two attached hydrogens (primary N) is 1. The van der Waals surface area contributed by atoms with Gasteiger partial charge in [-0.3, -0.25) is 4.79 Å². The minimum atomic E-state index is -4.48. The summed E-state index contributed by atoms with van der Waals surface area (Å²) in [6.07, 6.45) is -2.83. The van der Waals surface area contributed by atoms with Crippen LogP contribution in [0.25, 0.3) is 5.52 Å². The molecule has 0 aliphatic carbocycles. The molecule has 32 heavy (non-hydrogen) atoms. The van der Waals surface area contributed by atoms with Crippen molar-refractivity contribution in [2.75, 3.05) is 44.3 Å². The second kappa shape index (κ2) is 8.30. The number of benzene rings is 1. The Kier molecular flexibility index (Phi) is 5.68. The monoisotopic (exact) mass is 447 g/mol. The molecule has 0 radical (unpaired) electrons. The van der Waals surface area contributed by atoms with Gasteiger partial charge in [0.05, 0.1) is 11.1 Å². The van der Waals surface area contributed by atoms with Crippen LogP contribution in [-0.4, -0.2) is 63.5 Å². The Morgan fingerprint density at radius 3 is 2.56 bits per heavy atom. The smallest absolute Gasteiger partial charge is 0.399 e. The average Bonchev–Trinajstić information content (AvgIpc) is 3.15. The van der Waals surface area contributed by atoms with Gasteiger partial charge in [-0.05, 0) is 43.8 Å². The van der Waals surface area contributed by atoms with E-state index >= 15 is 0 Å². The number of piperazine rings is 1. The van der Waals surface area contributed by atoms with E-state index < -0.39 is 11.7 Å². The third-order valence-corrected chi connectivity index (χ3v) is 5.41. The summed E-state index contributed by atoms with van der Waals surface area (Å²) >= 11 is 0. The predicted molar refractivity (Wildman–Crippen MR) is 114 cm³/mol. The molecule has 1 aromatic carbocycles. The number of aromatic nitrogens is 3. The van der Waals surface area contributed by atoms with E-state index in [1.54, 1.807) is 28.6 Å². The van der Waals surface area contributed by atoms with Crippen molar-refractivity contribution < 1.29 is 18.0 Å². The molecule has 1 aliphatic rings. The number of nitrogens with zero attached hydrogens (tertiary/aromatic N) is 5. The van der Waals surface area contributed by atoms with Crippen LogP contribution in [0, 0.1) is 6.92 Å². The van der Waals surface area contributed by atoms with E-state index in [-0.39, 0.29) is 18.1 Å². The highest BCUT2D eigenvalue weighted by Crippen LogP contribution is 2.31. The second-order valence-corrected chi connectivity index (χ2v) is 7.98. The molecule has 1 amide bonds. The third-order valence-electron chi connectivity index (χ3n) is 5.41. The van der Waals surface area contributed by atoms with Crippen LogP contribution in [0.15, 0.2) is 30.5 Å². The first-order valence-corrected chi connectivity index (χ1v) is 10.2. The number of halogens is 3. The van der Waals surface area contributed by atoms with Crippen molar-refractivity contribution in [3.05, 3.63) is 53.0 Å². The summed E-state index contributed by atoms with van der Waals surface area (Å²) in [5.41, 5.74) is 6.30. The molecule has 3 N–H and O–H groups in total. The largest absolute Gasteiger partial charge is 0.416 e. The van der Waals surface area contributed by atoms with Gasteiger partial charge in [0, 0.05) is 44.6 Å². The van der Waals surface area contributed by atoms with Crippen molar-refractivity contribution in [1.29, 1.82) is 0 Å². The van der Waals surface area contributed by atoms with E-state index in [1.165, 1.54) is 6.07 Å². The van der Waals surface area contributed by atoms with Crippen LogP contribution in [0.5, 0.6) is 0 Å². The minimum Gasteiger partial charge on any atom is -0.399 e. The van der Waals surface area contributed by atoms with Crippen LogP contribution < -0.4 is 11.1 Å². The van der Waals surface area contributed by atoms with E-state index in [4.69, 9.17) is 5.73 Å². The second-order valence-electron chi connectivity index (χ2n) is 7.98. The molecule has 3 heterocycles. The molecule has 170 valence electrons. The van der Waals surface area contributed by atoms with Gasteiger partial charge >= 0.3 is 6.18 Å². The highest BCUT2D eigenvalue weighted by molar-refractivity contribution is 5.96. The molecule has 0 unspecified atom stereocenters. The normalized spacial score (nSPS) is 15.3. The number of aryl methyl sites for hydroxylation is 1. The lowest BCUT2D eigenvalue weighted by atomic mass is 10.1. The first kappa shape index (κ1) is 21.9. The molecule has 4 rings (SSSR count). The number of alkyl halides is 3. The molecule has 0 saturated carbocycles. The van der Waals surface area contributed by atoms with Crippen molar-refractivity contribution in [2.24, 2.45) is 0 Å². The van der Waals surface area contributed by atoms with E-state index in [0.717, 1.165) is 25.2 Å². The Morgan fingerprint density at radius 1 is 1.16 bits per heavy atom. The fourth-order valence-corrected chi connectivity index (χ4v) is 3.72. The molecular weight excluding hydrogens is 423 g/mol. The Bertz CT molecular complexity index is 1150. The highest BCUT2D eigenvalue weighted by atomic mass is 19.4. The van der Waals surface area contributed by atoms with Gasteiger partial charge in [-0.25, -0.2) is 9.50 Å². The summed E-state index contributed by atoms with van der Waals surface area (Å²) in [6.45, 7) is 4.69. The van der Waals surface area contributed by atoms with Gasteiger partial charge in [-0.15, -0.1) is 0 Å². The fraction of sp³-hybridized carbons (Fsp3) is 0.381. The zero-order valence-corrected chi connectivity index (χ0v) is 17.8. The molecule has 0 bridgehead atoms. The number of fused-ring (bicyclic) bond motifs is 1. The van der Waals surface area contributed by atoms with Crippen LogP contribution in [0.2, 0.25) is 0 Å². The Balaban J connectivity index is 1.58. The molecule has 2 aromatic heterocycles. The average molecular weight is 447 g/mol. The zero-order valence-electron chi connectivity index (χ0n) is 17.8. The van der Waals surface area contributed by atoms with Crippen molar-refractivity contribution >= 4 is 22.9 Å². The lowest BCUT2D eigenvalue weighted by Crippen LogP contribution is -2.47. The standard InChI is InChI=1S/C21H24F3N7O/c1-13-27-19(26-11-14-7-16(21(22,23)24)10-17(25)8-14)18-9-15(12-31(18)28-13)20(32)30-5-3-29(2)4-6-30/h7-10,12H,3-6,11,25H2,1-2H3,(H,26,27,28). The number of anilines is 2. The SMILES string of the molecule is Cc1nc(NCc2cc(N)cc(C(F)(F)F)c2)c2cc(C(=O)N3CCN(C)CC3)cn2n1. The number of hydrogen-bond acceptors (Lipinski definition) is 6. The molecule has 1 fully saturated rings. The topological polar surface area (TPSA) is 91.8 Å². The maximum absolute atomic E-state index is 13.1. The van der Waals surface area contributed by atoms with Gasteiger partial charge in [0.25, 0.3) is 5.91 Å². The summed E-state index contributed by atoms with van der Waals surface area (Å²) in [7, 11) is 2.02. The minimum absolute atomic E-state index is 0.0309. The summed E-state index contributed by atoms with van der Waals surface area (Å²) < 4.78 is 40.8. The number of carbonyl (C=O) groups is 1. The van der Waals surface area contributed by atoms with Crippen LogP contribution in [0.4, 0.5) is 24.7 Å². The number of likely N-dealkylation sites (N-methyl/N-ethyl adjacent to an activating group) is 1. The number of nitrogens with one attached hydrogen (secondary N) is 1. The Morgan fingerprint density at radius 2 is 1.88 bits per heavy atom. The van der Waals surface area contributed by atoms with Crippen molar-refractivity contribution in [2.45, 2.75) is 19.6 Å². The number of hydrogen-bond donors (Lipinski definition) is 2. The van der Waals surface area contributed by atoms with E-state index in [9.17, 15) is 18.0 Å². The van der Waals surface area contributed by atoms with Crippen molar-refractivity contribution in [3.63, 3.8) is 0 Å². The molecular formula is C21H24F3N7O. The first-order valence-electron chi connectivity index (χ1n) is 10.2. The van der Waals surface area contributed by atoms with E-state index in [1.807, 2.05) is 7.05 Å². The van der Waals surface area contributed by atoms with Crippen LogP contribution >= 0.6 is 0 Å². The zero-order chi connectivity index (χ0) is 23.0. The summed E-state index contributed by atoms with van der Waals surface area (Å²) in [5.74, 6) is 0.793. The van der Waals surface area contributed by atoms with Crippen molar-refractivity contribution in [1.82, 2.24) is 24.4 Å². The maximum Gasteiger partial charge on any atom is 0.416 e. The molecule has 0 spiro atoms. The Hall–Kier alpha value is -3.34. The molecule has 8 nitrogen and oxygen atoms in total. The van der Waals surface area contributed by atoms with Gasteiger partial charge in [0.2, 0.25) is 0 Å². The van der Waals surface area contributed by atoms with Crippen LogP contribution in [0.3, 0.4) is 0 Å². The van der Waals surface area contributed by atoms with Gasteiger partial charge < -0.3 is 20.9 Å². The number of nitrogen functional groups attached to an aromatic ring is 1. The molecule has 3 aromatic rings. The molecule has 1 aliphatic heterocycles. The van der Waals surface area contributed by atoms with E-state index in [2.05, 4.69) is 20.3 Å². The van der Waals surface area contributed by atoms with Gasteiger partial charge in [0.1, 0.15) is 11.3 Å². The summed E-state index contributed by atoms with van der Waals surface area (Å²) in [4.78, 5) is 21.3. The fourth-order valence-electron chi connectivity index (χ4n) is 3.72. The van der Waals surface area contributed by atoms with Crippen molar-refractivity contribution in [3.8, 4) is 0 Å². The maximum atomic E-state index is 13.1. The summed E-state index contributed by atoms with van der Waals surface area (Å²) in [6, 6.07) is 5.13. The number of rotatable bonds is 4. The highest BCUT2D eigenvalue weighted by Gasteiger charge is 2.31.